The number of nitrogens with zero attached hydrogens (tertiary/aromatic N) is 4. The van der Waals surface area contributed by atoms with E-state index in [0.717, 1.165) is 6.20 Å². The fraction of sp³-hybridized carbons (Fsp3) is 0.105. The van der Waals surface area contributed by atoms with Crippen LogP contribution < -0.4 is 10.2 Å². The van der Waals surface area contributed by atoms with Gasteiger partial charge in [-0.3, -0.25) is 0 Å². The predicted octanol–water partition coefficient (Wildman–Crippen LogP) is 5.53. The molecular formula is C19H13ClF3N5. The van der Waals surface area contributed by atoms with Gasteiger partial charge in [0.1, 0.15) is 5.56 Å². The number of hydrogen-bond acceptors (Lipinski definition) is 5. The molecule has 9 heteroatoms. The zero-order chi connectivity index (χ0) is 20.3. The molecule has 0 unspecified atom stereocenters. The monoisotopic (exact) mass is 403 g/mol. The lowest BCUT2D eigenvalue weighted by Crippen LogP contribution is -2.19. The van der Waals surface area contributed by atoms with Gasteiger partial charge in [-0.2, -0.15) is 23.4 Å². The molecule has 1 aromatic heterocycles. The zero-order valence-corrected chi connectivity index (χ0v) is 15.3. The van der Waals surface area contributed by atoms with Crippen LogP contribution in [0.2, 0.25) is 5.02 Å². The molecule has 0 saturated heterocycles. The molecule has 0 fully saturated rings. The first-order valence-electron chi connectivity index (χ1n) is 7.98. The second-order valence-electron chi connectivity index (χ2n) is 5.78. The molecule has 0 atom stereocenters. The molecule has 0 amide bonds. The summed E-state index contributed by atoms with van der Waals surface area (Å²) in [7, 11) is 1.48. The molecule has 1 heterocycles. The molecule has 142 valence electrons. The van der Waals surface area contributed by atoms with Crippen molar-refractivity contribution in [2.24, 2.45) is 0 Å². The summed E-state index contributed by atoms with van der Waals surface area (Å²) in [6.07, 6.45) is -3.89. The Morgan fingerprint density at radius 1 is 1.07 bits per heavy atom. The summed E-state index contributed by atoms with van der Waals surface area (Å²) in [6.45, 7) is 0. The Balaban J connectivity index is 1.99. The fourth-order valence-corrected chi connectivity index (χ4v) is 2.56. The first-order chi connectivity index (χ1) is 13.3. The van der Waals surface area contributed by atoms with Gasteiger partial charge in [-0.1, -0.05) is 11.6 Å². The second-order valence-corrected chi connectivity index (χ2v) is 6.21. The van der Waals surface area contributed by atoms with E-state index in [1.165, 1.54) is 11.9 Å². The third-order valence-electron chi connectivity index (χ3n) is 3.88. The van der Waals surface area contributed by atoms with Crippen molar-refractivity contribution in [3.05, 3.63) is 70.9 Å². The number of halogens is 4. The van der Waals surface area contributed by atoms with Crippen molar-refractivity contribution in [2.75, 3.05) is 17.3 Å². The first-order valence-corrected chi connectivity index (χ1v) is 8.36. The third kappa shape index (κ3) is 4.32. The molecule has 5 nitrogen and oxygen atoms in total. The van der Waals surface area contributed by atoms with Gasteiger partial charge in [0.25, 0.3) is 0 Å². The van der Waals surface area contributed by atoms with Crippen molar-refractivity contribution in [2.45, 2.75) is 6.18 Å². The van der Waals surface area contributed by atoms with Crippen molar-refractivity contribution < 1.29 is 13.2 Å². The number of rotatable bonds is 4. The molecule has 0 radical (unpaired) electrons. The molecule has 2 aromatic carbocycles. The normalized spacial score (nSPS) is 11.0. The Kier molecular flexibility index (Phi) is 5.38. The van der Waals surface area contributed by atoms with Crippen LogP contribution in [-0.4, -0.2) is 17.0 Å². The molecule has 0 aliphatic heterocycles. The minimum absolute atomic E-state index is 0.00600. The maximum absolute atomic E-state index is 13.5. The second kappa shape index (κ2) is 7.74. The van der Waals surface area contributed by atoms with Crippen LogP contribution >= 0.6 is 11.6 Å². The lowest BCUT2D eigenvalue weighted by Gasteiger charge is -2.23. The average molecular weight is 404 g/mol. The summed E-state index contributed by atoms with van der Waals surface area (Å²) in [4.78, 5) is 9.15. The van der Waals surface area contributed by atoms with Crippen molar-refractivity contribution in [1.29, 1.82) is 5.26 Å². The lowest BCUT2D eigenvalue weighted by molar-refractivity contribution is -0.137. The van der Waals surface area contributed by atoms with E-state index in [9.17, 15) is 13.2 Å². The number of hydrogen-bond donors (Lipinski definition) is 1. The molecule has 3 aromatic rings. The lowest BCUT2D eigenvalue weighted by atomic mass is 10.2. The Hall–Kier alpha value is -3.31. The predicted molar refractivity (Wildman–Crippen MR) is 101 cm³/mol. The van der Waals surface area contributed by atoms with Crippen molar-refractivity contribution >= 4 is 34.7 Å². The van der Waals surface area contributed by atoms with Crippen LogP contribution in [0.1, 0.15) is 11.1 Å². The standard InChI is InChI=1S/C19H13ClF3N5/c1-28(15-8-4-13(20)5-9-15)17-16(19(21,22)23)11-25-18(27-17)26-14-6-2-12(10-24)3-7-14/h2-9,11H,1H3,(H,25,26,27). The van der Waals surface area contributed by atoms with Crippen LogP contribution in [0.3, 0.4) is 0 Å². The number of benzene rings is 2. The Morgan fingerprint density at radius 2 is 1.71 bits per heavy atom. The summed E-state index contributed by atoms with van der Waals surface area (Å²) in [5.74, 6) is -0.311. The van der Waals surface area contributed by atoms with Gasteiger partial charge in [0.05, 0.1) is 11.6 Å². The minimum atomic E-state index is -4.62. The Labute approximate surface area is 164 Å². The van der Waals surface area contributed by atoms with E-state index >= 15 is 0 Å². The number of nitrogens with one attached hydrogen (secondary N) is 1. The zero-order valence-electron chi connectivity index (χ0n) is 14.5. The van der Waals surface area contributed by atoms with E-state index in [1.54, 1.807) is 48.5 Å². The van der Waals surface area contributed by atoms with Crippen LogP contribution in [0.5, 0.6) is 0 Å². The van der Waals surface area contributed by atoms with E-state index < -0.39 is 11.7 Å². The van der Waals surface area contributed by atoms with Gasteiger partial charge in [-0.25, -0.2) is 4.98 Å². The highest BCUT2D eigenvalue weighted by Gasteiger charge is 2.36. The van der Waals surface area contributed by atoms with Gasteiger partial charge in [0, 0.05) is 29.6 Å². The van der Waals surface area contributed by atoms with E-state index in [-0.39, 0.29) is 11.8 Å². The number of alkyl halides is 3. The molecule has 28 heavy (non-hydrogen) atoms. The number of aromatic nitrogens is 2. The highest BCUT2D eigenvalue weighted by molar-refractivity contribution is 6.30. The molecule has 0 bridgehead atoms. The quantitative estimate of drug-likeness (QED) is 0.620. The van der Waals surface area contributed by atoms with Crippen molar-refractivity contribution in [3.8, 4) is 6.07 Å². The first kappa shape index (κ1) is 19.5. The summed E-state index contributed by atoms with van der Waals surface area (Å²) >= 11 is 5.85. The maximum atomic E-state index is 13.5. The van der Waals surface area contributed by atoms with Gasteiger partial charge in [-0.15, -0.1) is 0 Å². The van der Waals surface area contributed by atoms with Gasteiger partial charge >= 0.3 is 6.18 Å². The number of anilines is 4. The van der Waals surface area contributed by atoms with E-state index in [1.807, 2.05) is 6.07 Å². The van der Waals surface area contributed by atoms with Gasteiger partial charge in [-0.05, 0) is 48.5 Å². The summed E-state index contributed by atoms with van der Waals surface area (Å²) in [5, 5.41) is 12.1. The molecule has 0 spiro atoms. The Bertz CT molecular complexity index is 1010. The van der Waals surface area contributed by atoms with E-state index in [0.29, 0.717) is 22.0 Å². The van der Waals surface area contributed by atoms with Crippen molar-refractivity contribution in [3.63, 3.8) is 0 Å². The minimum Gasteiger partial charge on any atom is -0.329 e. The van der Waals surface area contributed by atoms with Gasteiger partial charge in [0.15, 0.2) is 5.82 Å². The van der Waals surface area contributed by atoms with Gasteiger partial charge < -0.3 is 10.2 Å². The average Bonchev–Trinajstić information content (AvgIpc) is 2.68. The molecule has 0 aliphatic carbocycles. The topological polar surface area (TPSA) is 64.8 Å². The van der Waals surface area contributed by atoms with Crippen LogP contribution in [0.15, 0.2) is 54.7 Å². The van der Waals surface area contributed by atoms with Gasteiger partial charge in [0.2, 0.25) is 5.95 Å². The maximum Gasteiger partial charge on any atom is 0.421 e. The highest BCUT2D eigenvalue weighted by atomic mass is 35.5. The highest BCUT2D eigenvalue weighted by Crippen LogP contribution is 2.37. The summed E-state index contributed by atoms with van der Waals surface area (Å²) in [5.41, 5.74) is 0.522. The summed E-state index contributed by atoms with van der Waals surface area (Å²) in [6, 6.07) is 14.7. The van der Waals surface area contributed by atoms with Crippen LogP contribution in [-0.2, 0) is 6.18 Å². The molecule has 3 rings (SSSR count). The fourth-order valence-electron chi connectivity index (χ4n) is 2.43. The largest absolute Gasteiger partial charge is 0.421 e. The molecule has 0 saturated carbocycles. The molecule has 1 N–H and O–H groups in total. The Morgan fingerprint density at radius 3 is 2.29 bits per heavy atom. The smallest absolute Gasteiger partial charge is 0.329 e. The van der Waals surface area contributed by atoms with Crippen LogP contribution in [0.25, 0.3) is 0 Å². The molecule has 0 aliphatic rings. The van der Waals surface area contributed by atoms with E-state index in [4.69, 9.17) is 16.9 Å². The van der Waals surface area contributed by atoms with Crippen LogP contribution in [0, 0.1) is 11.3 Å². The van der Waals surface area contributed by atoms with Crippen LogP contribution in [0.4, 0.5) is 36.3 Å². The van der Waals surface area contributed by atoms with E-state index in [2.05, 4.69) is 15.3 Å². The SMILES string of the molecule is CN(c1ccc(Cl)cc1)c1nc(Nc2ccc(C#N)cc2)ncc1C(F)(F)F. The summed E-state index contributed by atoms with van der Waals surface area (Å²) < 4.78 is 40.4. The number of nitriles is 1. The third-order valence-corrected chi connectivity index (χ3v) is 4.13. The molecular weight excluding hydrogens is 391 g/mol. The van der Waals surface area contributed by atoms with Crippen molar-refractivity contribution in [1.82, 2.24) is 9.97 Å².